The zero-order valence-corrected chi connectivity index (χ0v) is 87.3. The van der Waals surface area contributed by atoms with E-state index in [0.717, 1.165) is 59.7 Å². The van der Waals surface area contributed by atoms with Crippen LogP contribution in [0.3, 0.4) is 0 Å². The van der Waals surface area contributed by atoms with Crippen molar-refractivity contribution in [2.75, 3.05) is 4.90 Å². The zero-order chi connectivity index (χ0) is 100. The van der Waals surface area contributed by atoms with Crippen LogP contribution in [0, 0.1) is 144 Å². The quantitative estimate of drug-likeness (QED) is 0.0283. The van der Waals surface area contributed by atoms with E-state index < -0.39 is 121 Å². The molecule has 0 saturated carbocycles. The second-order valence-corrected chi connectivity index (χ2v) is 44.1. The van der Waals surface area contributed by atoms with Crippen LogP contribution in [-0.4, -0.2) is 95.9 Å². The topological polar surface area (TPSA) is 209 Å². The number of benzene rings is 3. The van der Waals surface area contributed by atoms with E-state index in [2.05, 4.69) is 148 Å². The molecule has 740 valence electrons. The van der Waals surface area contributed by atoms with E-state index in [-0.39, 0.29) is 181 Å². The molecule has 0 spiro atoms. The molecule has 0 aliphatic carbocycles. The van der Waals surface area contributed by atoms with Crippen molar-refractivity contribution in [3.8, 4) is 90.1 Å². The molecular weight excluding hydrogens is 2660 g/mol. The SMILES string of the molecule is C[Si](C)(C)C(c1cccc(-c2[c-]cc(F)nc2F)n1)(c1cccc(-c2[c-]cc(F)nc2F)n1)[Si](C)(C)C.Fc1c[c-]c(-c2cccc(C(c3ccccc3)(c3ccccc3)c3cccc(-c4[c-]cc(F)nc4F)n3)n2)c(F)n1.Fc1c[c-]c(-c2cccc(Cc3cccc(-c4[c-]cc(F)nc4F)n3)n2)c(F)n1.Fc1c[c-]c(-c2cccc(N(c3ccccc3)c3cccc(-c4[c-]cc(F)nc4F)n3)n2)c(F)n1.[Pt+2].[Pt+2].[Pt+2].[Pt+2]. The Labute approximate surface area is 885 Å². The second kappa shape index (κ2) is 48.3. The van der Waals surface area contributed by atoms with Crippen molar-refractivity contribution in [1.82, 2.24) is 79.7 Å². The predicted molar refractivity (Wildman–Crippen MR) is 500 cm³/mol. The van der Waals surface area contributed by atoms with Crippen molar-refractivity contribution in [3.05, 3.63) is 474 Å². The Morgan fingerprint density at radius 1 is 0.219 bits per heavy atom. The van der Waals surface area contributed by atoms with Crippen LogP contribution in [0.5, 0.6) is 0 Å². The van der Waals surface area contributed by atoms with Gasteiger partial charge in [-0.2, -0.15) is 0 Å². The summed E-state index contributed by atoms with van der Waals surface area (Å²) in [6, 6.07) is 96.2. The molecule has 0 saturated heterocycles. The second-order valence-electron chi connectivity index (χ2n) is 33.1. The summed E-state index contributed by atoms with van der Waals surface area (Å²) in [6.07, 6.45) is 0.258. The Morgan fingerprint density at radius 2 is 0.425 bits per heavy atom. The van der Waals surface area contributed by atoms with Crippen LogP contribution in [0.4, 0.5) is 87.6 Å². The van der Waals surface area contributed by atoms with Crippen LogP contribution >= 0.6 is 0 Å². The molecule has 39 heteroatoms. The smallest absolute Gasteiger partial charge is 0.301 e. The van der Waals surface area contributed by atoms with Crippen molar-refractivity contribution in [2.45, 2.75) is 55.8 Å². The third kappa shape index (κ3) is 24.7. The standard InChI is InChI=1S/C33H18F4N4.C27H26F4N4Si2.C26H13F4N5.C21H10F4N4.4Pt/c34-29-19-17-23(31(36)40-29)25-13-7-15-27(38-25)33(21-9-3-1-4-10-21,22-11-5-2-6-12-22)28-16-8-14-26(39-28)24-18-20-30(35)41-32(24)37;1-36(2,3)27(37(4,5)6,21-11-7-9-19(32-21)17-13-15-23(28)34-25(17)30)22-12-8-10-20(33-22)18-14-16-24(29)35-26(18)31;27-21-14-12-17(25(29)33-21)19-8-4-10-23(31-19)35(16-6-2-1-3-7-16)24-11-5-9-20(32-24)18-13-15-22(28)34-26(18)30;22-18-9-7-14(20(24)28-18)16-5-1-3-12(26-16)11-13-4-2-6-17(27-13)15-8-10-19(23)29-21(15)25;;;;/h1-16,19-20H;7-12,15-16H,1-6H3;1-11,14-15H;1-6,9-10H,11H2;;;;/q4*-2;4*+2. The van der Waals surface area contributed by atoms with Crippen LogP contribution in [-0.2, 0) is 101 Å². The zero-order valence-electron chi connectivity index (χ0n) is 76.3. The molecule has 0 bridgehead atoms. The van der Waals surface area contributed by atoms with E-state index in [1.807, 2.05) is 91.0 Å². The average Bonchev–Trinajstić information content (AvgIpc) is 0.718. The van der Waals surface area contributed by atoms with E-state index in [1.54, 1.807) is 150 Å². The Hall–Kier alpha value is -14.1. The molecule has 0 radical (unpaired) electrons. The van der Waals surface area contributed by atoms with Crippen molar-refractivity contribution < 1.29 is 155 Å². The first kappa shape index (κ1) is 111. The Balaban J connectivity index is 0.000000173. The van der Waals surface area contributed by atoms with Gasteiger partial charge in [-0.1, -0.05) is 308 Å². The number of hydrogen-bond donors (Lipinski definition) is 0. The molecule has 0 fully saturated rings. The number of aromatic nitrogens is 16. The summed E-state index contributed by atoms with van der Waals surface area (Å²) < 4.78 is 221. The molecule has 0 N–H and O–H groups in total. The Kier molecular flexibility index (Phi) is 36.6. The first-order chi connectivity index (χ1) is 68.2. The molecule has 0 atom stereocenters. The molecule has 17 nitrogen and oxygen atoms in total. The number of nitrogens with zero attached hydrogens (tertiary/aromatic N) is 17. The van der Waals surface area contributed by atoms with Crippen molar-refractivity contribution >= 4 is 33.5 Å². The Bertz CT molecular complexity index is 7430. The summed E-state index contributed by atoms with van der Waals surface area (Å²) in [5.41, 5.74) is 5.60. The summed E-state index contributed by atoms with van der Waals surface area (Å²) in [4.78, 5) is 64.7. The van der Waals surface area contributed by atoms with Gasteiger partial charge in [-0.3, -0.25) is 64.7 Å². The van der Waals surface area contributed by atoms with Gasteiger partial charge >= 0.3 is 84.3 Å². The maximum Gasteiger partial charge on any atom is 2.00 e. The van der Waals surface area contributed by atoms with Gasteiger partial charge in [-0.15, -0.1) is 48.5 Å². The number of rotatable bonds is 21. The summed E-state index contributed by atoms with van der Waals surface area (Å²) >= 11 is 0. The van der Waals surface area contributed by atoms with Gasteiger partial charge in [0.15, 0.2) is 0 Å². The van der Waals surface area contributed by atoms with Gasteiger partial charge in [-0.25, -0.2) is 70.2 Å². The minimum absolute atomic E-state index is 0. The summed E-state index contributed by atoms with van der Waals surface area (Å²) in [5.74, 6) is -15.3. The van der Waals surface area contributed by atoms with Gasteiger partial charge in [0.1, 0.15) is 112 Å². The fourth-order valence-corrected chi connectivity index (χ4v) is 29.2. The van der Waals surface area contributed by atoms with Gasteiger partial charge in [0.25, 0.3) is 0 Å². The summed E-state index contributed by atoms with van der Waals surface area (Å²) in [5, 5.41) is 0. The first-order valence-corrected chi connectivity index (χ1v) is 49.9. The molecule has 16 heterocycles. The van der Waals surface area contributed by atoms with Gasteiger partial charge in [-0.05, 0) is 117 Å². The maximum atomic E-state index is 14.7. The molecule has 19 rings (SSSR count). The fraction of sp³-hybridized carbons (Fsp3) is 0.0841. The largest absolute Gasteiger partial charge is 2.00 e. The maximum absolute atomic E-state index is 14.7. The van der Waals surface area contributed by atoms with Crippen molar-refractivity contribution in [2.24, 2.45) is 0 Å². The molecule has 3 aromatic carbocycles. The van der Waals surface area contributed by atoms with E-state index in [0.29, 0.717) is 51.5 Å². The van der Waals surface area contributed by atoms with E-state index in [1.165, 1.54) is 0 Å². The van der Waals surface area contributed by atoms with E-state index in [9.17, 15) is 70.2 Å². The molecular formula is C107H67F16N17Pt4Si2. The third-order valence-corrected chi connectivity index (χ3v) is 32.2. The number of para-hydroxylation sites is 1. The fourth-order valence-electron chi connectivity index (χ4n) is 16.6. The molecule has 0 aliphatic rings. The predicted octanol–water partition coefficient (Wildman–Crippen LogP) is 24.5. The van der Waals surface area contributed by atoms with Gasteiger partial charge in [0.05, 0.1) is 27.5 Å². The average molecular weight is 2730 g/mol. The summed E-state index contributed by atoms with van der Waals surface area (Å²) in [6.45, 7) is 13.3. The normalized spacial score (nSPS) is 11.2. The van der Waals surface area contributed by atoms with Crippen LogP contribution in [0.1, 0.15) is 45.3 Å². The minimum Gasteiger partial charge on any atom is -0.301 e. The number of halogens is 16. The minimum atomic E-state index is -2.27. The van der Waals surface area contributed by atoms with Crippen LogP contribution in [0.15, 0.2) is 285 Å². The molecule has 0 amide bonds. The molecule has 0 unspecified atom stereocenters. The van der Waals surface area contributed by atoms with E-state index in [4.69, 9.17) is 19.9 Å². The van der Waals surface area contributed by atoms with Crippen LogP contribution < -0.4 is 4.90 Å². The van der Waals surface area contributed by atoms with Crippen LogP contribution in [0.25, 0.3) is 90.1 Å². The van der Waals surface area contributed by atoms with Crippen molar-refractivity contribution in [1.29, 1.82) is 0 Å². The molecule has 0 aliphatic heterocycles. The van der Waals surface area contributed by atoms with E-state index >= 15 is 0 Å². The monoisotopic (exact) mass is 2730 g/mol. The third-order valence-electron chi connectivity index (χ3n) is 22.1. The first-order valence-electron chi connectivity index (χ1n) is 42.9. The number of hydrogen-bond acceptors (Lipinski definition) is 17. The molecule has 19 aromatic rings. The van der Waals surface area contributed by atoms with Crippen LogP contribution in [0.2, 0.25) is 39.3 Å². The van der Waals surface area contributed by atoms with Gasteiger partial charge in [0.2, 0.25) is 0 Å². The van der Waals surface area contributed by atoms with Gasteiger partial charge in [0, 0.05) is 39.5 Å². The van der Waals surface area contributed by atoms with Gasteiger partial charge < -0.3 is 19.9 Å². The number of pyridine rings is 16. The molecule has 16 aromatic heterocycles. The molecule has 146 heavy (non-hydrogen) atoms. The summed E-state index contributed by atoms with van der Waals surface area (Å²) in [7, 11) is -4.54. The number of anilines is 3. The Morgan fingerprint density at radius 3 is 0.664 bits per heavy atom. The van der Waals surface area contributed by atoms with Crippen molar-refractivity contribution in [3.63, 3.8) is 0 Å².